The highest BCUT2D eigenvalue weighted by atomic mass is 16.7. The molecule has 1 rings (SSSR count). The number of carbonyl (C=O) groups excluding carboxylic acids is 1. The van der Waals surface area contributed by atoms with Crippen molar-refractivity contribution in [1.29, 1.82) is 0 Å². The van der Waals surface area contributed by atoms with Crippen molar-refractivity contribution in [2.24, 2.45) is 0 Å². The molecule has 0 saturated carbocycles. The van der Waals surface area contributed by atoms with Crippen LogP contribution in [0.4, 0.5) is 0 Å². The van der Waals surface area contributed by atoms with Crippen molar-refractivity contribution in [2.75, 3.05) is 13.2 Å². The van der Waals surface area contributed by atoms with Gasteiger partial charge in [0.1, 0.15) is 24.4 Å². The van der Waals surface area contributed by atoms with Crippen molar-refractivity contribution >= 4 is 5.91 Å². The Morgan fingerprint density at radius 2 is 1.17 bits per heavy atom. The monoisotopic (exact) mass is 672 g/mol. The van der Waals surface area contributed by atoms with Gasteiger partial charge in [0.15, 0.2) is 6.29 Å². The zero-order valence-electron chi connectivity index (χ0n) is 30.0. The van der Waals surface area contributed by atoms with E-state index in [1.54, 1.807) is 6.08 Å². The van der Waals surface area contributed by atoms with Gasteiger partial charge in [-0.25, -0.2) is 0 Å². The van der Waals surface area contributed by atoms with Crippen LogP contribution < -0.4 is 5.32 Å². The Morgan fingerprint density at radius 1 is 0.702 bits per heavy atom. The van der Waals surface area contributed by atoms with E-state index in [0.717, 1.165) is 38.5 Å². The summed E-state index contributed by atoms with van der Waals surface area (Å²) in [5, 5.41) is 53.7. The van der Waals surface area contributed by atoms with Gasteiger partial charge in [-0.3, -0.25) is 4.79 Å². The predicted octanol–water partition coefficient (Wildman–Crippen LogP) is 6.61. The smallest absolute Gasteiger partial charge is 0.220 e. The first-order valence-electron chi connectivity index (χ1n) is 19.4. The van der Waals surface area contributed by atoms with Crippen LogP contribution in [0.15, 0.2) is 12.2 Å². The summed E-state index contributed by atoms with van der Waals surface area (Å²) in [5.41, 5.74) is 0. The lowest BCUT2D eigenvalue weighted by molar-refractivity contribution is -0.302. The Balaban J connectivity index is 2.34. The molecule has 0 aromatic heterocycles. The average molecular weight is 672 g/mol. The summed E-state index contributed by atoms with van der Waals surface area (Å²) in [6.07, 6.45) is 24.2. The fourth-order valence-corrected chi connectivity index (χ4v) is 6.15. The number of amides is 1. The first-order chi connectivity index (χ1) is 22.8. The molecule has 278 valence electrons. The van der Waals surface area contributed by atoms with Crippen molar-refractivity contribution in [3.63, 3.8) is 0 Å². The Labute approximate surface area is 286 Å². The molecule has 1 aliphatic heterocycles. The van der Waals surface area contributed by atoms with Gasteiger partial charge in [-0.1, -0.05) is 154 Å². The second kappa shape index (κ2) is 29.8. The fraction of sp³-hybridized carbons (Fsp3) is 0.921. The summed E-state index contributed by atoms with van der Waals surface area (Å²) >= 11 is 0. The van der Waals surface area contributed by atoms with E-state index in [0.29, 0.717) is 6.42 Å². The molecule has 9 nitrogen and oxygen atoms in total. The maximum absolute atomic E-state index is 12.8. The molecule has 0 aliphatic carbocycles. The molecule has 0 aromatic carbocycles. The molecule has 9 heteroatoms. The average Bonchev–Trinajstić information content (AvgIpc) is 3.07. The molecule has 0 bridgehead atoms. The third-order valence-electron chi connectivity index (χ3n) is 9.36. The highest BCUT2D eigenvalue weighted by Crippen LogP contribution is 2.22. The van der Waals surface area contributed by atoms with Crippen LogP contribution in [-0.2, 0) is 14.3 Å². The quantitative estimate of drug-likeness (QED) is 0.0357. The van der Waals surface area contributed by atoms with Crippen LogP contribution in [0.25, 0.3) is 0 Å². The molecule has 0 spiro atoms. The third-order valence-corrected chi connectivity index (χ3v) is 9.36. The van der Waals surface area contributed by atoms with Gasteiger partial charge in [-0.2, -0.15) is 0 Å². The topological polar surface area (TPSA) is 149 Å². The van der Waals surface area contributed by atoms with E-state index in [2.05, 4.69) is 19.2 Å². The molecule has 1 aliphatic rings. The lowest BCUT2D eigenvalue weighted by Gasteiger charge is -2.40. The van der Waals surface area contributed by atoms with Crippen molar-refractivity contribution in [3.05, 3.63) is 12.2 Å². The Kier molecular flexibility index (Phi) is 27.9. The Hall–Kier alpha value is -1.07. The van der Waals surface area contributed by atoms with Crippen molar-refractivity contribution in [1.82, 2.24) is 5.32 Å². The number of aliphatic hydroxyl groups excluding tert-OH is 5. The fourth-order valence-electron chi connectivity index (χ4n) is 6.15. The van der Waals surface area contributed by atoms with Crippen LogP contribution in [0, 0.1) is 0 Å². The van der Waals surface area contributed by atoms with E-state index < -0.39 is 49.5 Å². The van der Waals surface area contributed by atoms with Crippen molar-refractivity contribution in [3.8, 4) is 0 Å². The molecule has 0 radical (unpaired) electrons. The zero-order chi connectivity index (χ0) is 34.5. The maximum Gasteiger partial charge on any atom is 0.220 e. The SMILES string of the molecule is CCCCCCC/C=C/C(O)C(COC1OC(CO)C(O)C(O)C1O)NC(=O)CCCCCCCCCCCCCCCCCCC. The molecular formula is C38H73NO8. The normalized spacial score (nSPS) is 22.9. The number of rotatable bonds is 31. The van der Waals surface area contributed by atoms with Crippen LogP contribution in [0.3, 0.4) is 0 Å². The molecule has 7 unspecified atom stereocenters. The number of aliphatic hydroxyl groups is 5. The summed E-state index contributed by atoms with van der Waals surface area (Å²) < 4.78 is 11.1. The number of carbonyl (C=O) groups is 1. The zero-order valence-corrected chi connectivity index (χ0v) is 30.0. The predicted molar refractivity (Wildman–Crippen MR) is 189 cm³/mol. The standard InChI is InChI=1S/C38H73NO8/c1-3-5-7-9-11-12-13-14-15-16-17-18-19-20-22-24-26-28-34(42)39-31(32(41)27-25-23-21-10-8-6-4-2)30-46-38-37(45)36(44)35(43)33(29-40)47-38/h25,27,31-33,35-38,40-41,43-45H,3-24,26,28-30H2,1-2H3,(H,39,42)/b27-25+. The second-order valence-electron chi connectivity index (χ2n) is 13.7. The van der Waals surface area contributed by atoms with E-state index in [9.17, 15) is 30.3 Å². The molecule has 6 N–H and O–H groups in total. The second-order valence-corrected chi connectivity index (χ2v) is 13.7. The molecular weight excluding hydrogens is 598 g/mol. The van der Waals surface area contributed by atoms with Gasteiger partial charge in [0.2, 0.25) is 5.91 Å². The van der Waals surface area contributed by atoms with Crippen LogP contribution in [-0.4, -0.2) is 87.5 Å². The van der Waals surface area contributed by atoms with Gasteiger partial charge < -0.3 is 40.3 Å². The van der Waals surface area contributed by atoms with Crippen LogP contribution in [0.2, 0.25) is 0 Å². The maximum atomic E-state index is 12.8. The van der Waals surface area contributed by atoms with Crippen LogP contribution in [0.5, 0.6) is 0 Å². The lowest BCUT2D eigenvalue weighted by atomic mass is 9.99. The number of hydrogen-bond donors (Lipinski definition) is 6. The van der Waals surface area contributed by atoms with E-state index in [1.165, 1.54) is 109 Å². The minimum absolute atomic E-state index is 0.180. The molecule has 1 amide bonds. The number of allylic oxidation sites excluding steroid dienone is 1. The van der Waals surface area contributed by atoms with Gasteiger partial charge in [0.25, 0.3) is 0 Å². The van der Waals surface area contributed by atoms with Gasteiger partial charge in [0.05, 0.1) is 25.4 Å². The first-order valence-corrected chi connectivity index (χ1v) is 19.4. The number of unbranched alkanes of at least 4 members (excludes halogenated alkanes) is 21. The minimum Gasteiger partial charge on any atom is -0.394 e. The van der Waals surface area contributed by atoms with E-state index in [-0.39, 0.29) is 12.5 Å². The molecule has 1 heterocycles. The number of hydrogen-bond acceptors (Lipinski definition) is 8. The summed E-state index contributed by atoms with van der Waals surface area (Å²) in [5.74, 6) is -0.180. The third kappa shape index (κ3) is 21.6. The first kappa shape index (κ1) is 44.0. The van der Waals surface area contributed by atoms with Crippen molar-refractivity contribution in [2.45, 2.75) is 211 Å². The summed E-state index contributed by atoms with van der Waals surface area (Å²) in [6, 6.07) is -0.794. The molecule has 0 aromatic rings. The molecule has 1 fully saturated rings. The Bertz CT molecular complexity index is 751. The minimum atomic E-state index is -1.56. The molecule has 7 atom stereocenters. The van der Waals surface area contributed by atoms with E-state index in [4.69, 9.17) is 9.47 Å². The summed E-state index contributed by atoms with van der Waals surface area (Å²) in [4.78, 5) is 12.8. The van der Waals surface area contributed by atoms with Gasteiger partial charge >= 0.3 is 0 Å². The number of nitrogens with one attached hydrogen (secondary N) is 1. The van der Waals surface area contributed by atoms with Gasteiger partial charge in [0, 0.05) is 6.42 Å². The summed E-state index contributed by atoms with van der Waals surface area (Å²) in [7, 11) is 0. The highest BCUT2D eigenvalue weighted by molar-refractivity contribution is 5.76. The van der Waals surface area contributed by atoms with E-state index >= 15 is 0 Å². The lowest BCUT2D eigenvalue weighted by Crippen LogP contribution is -2.60. The highest BCUT2D eigenvalue weighted by Gasteiger charge is 2.44. The van der Waals surface area contributed by atoms with E-state index in [1.807, 2.05) is 6.08 Å². The van der Waals surface area contributed by atoms with Crippen LogP contribution >= 0.6 is 0 Å². The van der Waals surface area contributed by atoms with Crippen molar-refractivity contribution < 1.29 is 39.8 Å². The van der Waals surface area contributed by atoms with Gasteiger partial charge in [-0.15, -0.1) is 0 Å². The number of ether oxygens (including phenoxy) is 2. The molecule has 47 heavy (non-hydrogen) atoms. The Morgan fingerprint density at radius 3 is 1.66 bits per heavy atom. The van der Waals surface area contributed by atoms with Gasteiger partial charge in [-0.05, 0) is 19.3 Å². The van der Waals surface area contributed by atoms with Crippen LogP contribution in [0.1, 0.15) is 168 Å². The largest absolute Gasteiger partial charge is 0.394 e. The molecule has 1 saturated heterocycles. The summed E-state index contributed by atoms with van der Waals surface area (Å²) in [6.45, 7) is 3.70.